The van der Waals surface area contributed by atoms with Crippen LogP contribution < -0.4 is 16.0 Å². The molecule has 3 aromatic heterocycles. The first kappa shape index (κ1) is 19.9. The van der Waals surface area contributed by atoms with Gasteiger partial charge in [0.15, 0.2) is 0 Å². The lowest BCUT2D eigenvalue weighted by atomic mass is 10.2. The van der Waals surface area contributed by atoms with Crippen molar-refractivity contribution in [2.75, 3.05) is 31.1 Å². The first-order chi connectivity index (χ1) is 15.1. The number of nitrogens with zero attached hydrogens (tertiary/aromatic N) is 5. The average molecular weight is 455 g/mol. The fraction of sp³-hybridized carbons (Fsp3) is 0.238. The molecule has 1 aromatic carbocycles. The van der Waals surface area contributed by atoms with Gasteiger partial charge in [-0.25, -0.2) is 4.98 Å². The second kappa shape index (κ2) is 8.26. The third-order valence-electron chi connectivity index (χ3n) is 5.35. The van der Waals surface area contributed by atoms with Gasteiger partial charge in [0.1, 0.15) is 15.5 Å². The number of anilines is 1. The lowest BCUT2D eigenvalue weighted by molar-refractivity contribution is 0.244. The second-order valence-corrected chi connectivity index (χ2v) is 8.60. The number of fused-ring (bicyclic) bond motifs is 1. The summed E-state index contributed by atoms with van der Waals surface area (Å²) in [5.74, 6) is 0.662. The van der Waals surface area contributed by atoms with E-state index in [-0.39, 0.29) is 16.1 Å². The minimum absolute atomic E-state index is 0.0922. The zero-order valence-electron chi connectivity index (χ0n) is 16.5. The molecule has 0 amide bonds. The molecule has 158 valence electrons. The Hall–Kier alpha value is -3.01. The van der Waals surface area contributed by atoms with Crippen LogP contribution in [0.1, 0.15) is 5.82 Å². The predicted molar refractivity (Wildman–Crippen MR) is 123 cm³/mol. The third-order valence-corrected chi connectivity index (χ3v) is 6.61. The molecule has 1 fully saturated rings. The van der Waals surface area contributed by atoms with Gasteiger partial charge in [0.05, 0.1) is 29.6 Å². The van der Waals surface area contributed by atoms with Crippen LogP contribution in [0.15, 0.2) is 57.6 Å². The molecule has 0 bridgehead atoms. The zero-order chi connectivity index (χ0) is 21.4. The number of para-hydroxylation sites is 1. The number of hydrogen-bond donors (Lipinski definition) is 1. The van der Waals surface area contributed by atoms with Crippen molar-refractivity contribution in [3.8, 4) is 5.69 Å². The Labute approximate surface area is 186 Å². The van der Waals surface area contributed by atoms with Gasteiger partial charge in [0.2, 0.25) is 0 Å². The summed E-state index contributed by atoms with van der Waals surface area (Å²) in [6.45, 7) is 3.46. The minimum atomic E-state index is -0.335. The molecule has 8 nitrogen and oxygen atoms in total. The first-order valence-electron chi connectivity index (χ1n) is 9.87. The fourth-order valence-corrected chi connectivity index (χ4v) is 4.73. The lowest BCUT2D eigenvalue weighted by Gasteiger charge is -2.35. The summed E-state index contributed by atoms with van der Waals surface area (Å²) in [7, 11) is 0. The molecule has 0 unspecified atom stereocenters. The largest absolute Gasteiger partial charge is 0.366 e. The zero-order valence-corrected chi connectivity index (χ0v) is 18.1. The molecule has 1 N–H and O–H groups in total. The SMILES string of the molecule is O=c1[nH]c(CN2CCN(c3cnn(-c4ccccc4)c(=O)c3Cl)CC2)nc2ccsc12. The van der Waals surface area contributed by atoms with E-state index in [2.05, 4.69) is 24.9 Å². The second-order valence-electron chi connectivity index (χ2n) is 7.31. The molecule has 10 heteroatoms. The number of aromatic nitrogens is 4. The van der Waals surface area contributed by atoms with Gasteiger partial charge in [-0.05, 0) is 23.6 Å². The summed E-state index contributed by atoms with van der Waals surface area (Å²) in [6, 6.07) is 11.1. The maximum absolute atomic E-state index is 12.7. The Morgan fingerprint density at radius 2 is 1.84 bits per heavy atom. The summed E-state index contributed by atoms with van der Waals surface area (Å²) >= 11 is 7.83. The molecule has 4 heterocycles. The van der Waals surface area contributed by atoms with Gasteiger partial charge < -0.3 is 9.88 Å². The molecular formula is C21H19ClN6O2S. The summed E-state index contributed by atoms with van der Waals surface area (Å²) < 4.78 is 1.96. The minimum Gasteiger partial charge on any atom is -0.366 e. The maximum Gasteiger partial charge on any atom is 0.292 e. The number of aromatic amines is 1. The Balaban J connectivity index is 1.29. The summed E-state index contributed by atoms with van der Waals surface area (Å²) in [5.41, 5.74) is 1.63. The molecule has 0 saturated carbocycles. The molecule has 1 saturated heterocycles. The van der Waals surface area contributed by atoms with Crippen LogP contribution in [-0.4, -0.2) is 50.8 Å². The Morgan fingerprint density at radius 3 is 2.61 bits per heavy atom. The Morgan fingerprint density at radius 1 is 1.06 bits per heavy atom. The summed E-state index contributed by atoms with van der Waals surface area (Å²) in [4.78, 5) is 36.6. The molecule has 5 rings (SSSR count). The summed E-state index contributed by atoms with van der Waals surface area (Å²) in [5, 5.41) is 6.36. The van der Waals surface area contributed by atoms with Crippen molar-refractivity contribution in [3.05, 3.63) is 79.5 Å². The van der Waals surface area contributed by atoms with E-state index in [0.29, 0.717) is 41.5 Å². The number of rotatable bonds is 4. The number of nitrogens with one attached hydrogen (secondary N) is 1. The molecule has 31 heavy (non-hydrogen) atoms. The van der Waals surface area contributed by atoms with E-state index < -0.39 is 0 Å². The van der Waals surface area contributed by atoms with E-state index in [1.54, 1.807) is 6.20 Å². The standard InChI is InChI=1S/C21H19ClN6O2S/c22-18-16(12-23-28(21(18)30)14-4-2-1-3-5-14)27-9-7-26(8-10-27)13-17-24-15-6-11-31-19(15)20(29)25-17/h1-6,11-12H,7-10,13H2,(H,24,25,29). The fourth-order valence-electron chi connectivity index (χ4n) is 3.75. The predicted octanol–water partition coefficient (Wildman–Crippen LogP) is 2.51. The molecule has 1 aliphatic rings. The van der Waals surface area contributed by atoms with Crippen molar-refractivity contribution in [2.45, 2.75) is 6.54 Å². The van der Waals surface area contributed by atoms with Crippen LogP contribution >= 0.6 is 22.9 Å². The van der Waals surface area contributed by atoms with E-state index in [1.807, 2.05) is 41.8 Å². The van der Waals surface area contributed by atoms with Crippen molar-refractivity contribution in [1.29, 1.82) is 0 Å². The van der Waals surface area contributed by atoms with Crippen molar-refractivity contribution in [3.63, 3.8) is 0 Å². The lowest BCUT2D eigenvalue weighted by Crippen LogP contribution is -2.46. The van der Waals surface area contributed by atoms with Crippen molar-refractivity contribution in [1.82, 2.24) is 24.6 Å². The van der Waals surface area contributed by atoms with E-state index in [9.17, 15) is 9.59 Å². The molecule has 0 radical (unpaired) electrons. The topological polar surface area (TPSA) is 87.1 Å². The van der Waals surface area contributed by atoms with E-state index in [1.165, 1.54) is 16.0 Å². The van der Waals surface area contributed by atoms with Crippen LogP contribution in [0.4, 0.5) is 5.69 Å². The monoisotopic (exact) mass is 454 g/mol. The highest BCUT2D eigenvalue weighted by atomic mass is 35.5. The van der Waals surface area contributed by atoms with E-state index in [4.69, 9.17) is 11.6 Å². The van der Waals surface area contributed by atoms with Gasteiger partial charge in [-0.15, -0.1) is 11.3 Å². The number of hydrogen-bond acceptors (Lipinski definition) is 7. The third kappa shape index (κ3) is 3.87. The number of H-pyrrole nitrogens is 1. The molecule has 1 aliphatic heterocycles. The first-order valence-corrected chi connectivity index (χ1v) is 11.1. The highest BCUT2D eigenvalue weighted by Gasteiger charge is 2.22. The van der Waals surface area contributed by atoms with Crippen LogP contribution in [0, 0.1) is 0 Å². The molecule has 4 aromatic rings. The van der Waals surface area contributed by atoms with Gasteiger partial charge >= 0.3 is 0 Å². The van der Waals surface area contributed by atoms with Crippen molar-refractivity contribution < 1.29 is 0 Å². The van der Waals surface area contributed by atoms with Crippen LogP contribution in [0.3, 0.4) is 0 Å². The van der Waals surface area contributed by atoms with Gasteiger partial charge in [-0.2, -0.15) is 9.78 Å². The summed E-state index contributed by atoms with van der Waals surface area (Å²) in [6.07, 6.45) is 1.65. The van der Waals surface area contributed by atoms with Crippen LogP contribution in [-0.2, 0) is 6.54 Å². The molecule has 0 aliphatic carbocycles. The molecule has 0 atom stereocenters. The maximum atomic E-state index is 12.7. The van der Waals surface area contributed by atoms with E-state index in [0.717, 1.165) is 18.6 Å². The highest BCUT2D eigenvalue weighted by molar-refractivity contribution is 7.17. The Kier molecular flexibility index (Phi) is 5.31. The average Bonchev–Trinajstić information content (AvgIpc) is 3.26. The van der Waals surface area contributed by atoms with Gasteiger partial charge in [0.25, 0.3) is 11.1 Å². The van der Waals surface area contributed by atoms with Crippen molar-refractivity contribution >= 4 is 38.8 Å². The van der Waals surface area contributed by atoms with Crippen LogP contribution in [0.2, 0.25) is 5.02 Å². The quantitative estimate of drug-likeness (QED) is 0.510. The number of thiophene rings is 1. The number of benzene rings is 1. The van der Waals surface area contributed by atoms with Crippen molar-refractivity contribution in [2.24, 2.45) is 0 Å². The molecule has 0 spiro atoms. The van der Waals surface area contributed by atoms with Crippen LogP contribution in [0.25, 0.3) is 15.9 Å². The highest BCUT2D eigenvalue weighted by Crippen LogP contribution is 2.23. The number of halogens is 1. The normalized spacial score (nSPS) is 14.9. The molecular weight excluding hydrogens is 436 g/mol. The smallest absolute Gasteiger partial charge is 0.292 e. The number of piperazine rings is 1. The van der Waals surface area contributed by atoms with Gasteiger partial charge in [-0.3, -0.25) is 14.5 Å². The Bertz CT molecular complexity index is 1340. The van der Waals surface area contributed by atoms with E-state index >= 15 is 0 Å². The van der Waals surface area contributed by atoms with Crippen LogP contribution in [0.5, 0.6) is 0 Å². The van der Waals surface area contributed by atoms with Gasteiger partial charge in [0, 0.05) is 26.2 Å². The van der Waals surface area contributed by atoms with Gasteiger partial charge in [-0.1, -0.05) is 29.8 Å².